The molecule has 0 fully saturated rings. The lowest BCUT2D eigenvalue weighted by atomic mass is 10.2. The number of hydrogen-bond acceptors (Lipinski definition) is 3. The van der Waals surface area contributed by atoms with Crippen LogP contribution in [0.5, 0.6) is 5.75 Å². The third kappa shape index (κ3) is 3.74. The Bertz CT molecular complexity index is 582. The highest BCUT2D eigenvalue weighted by Crippen LogP contribution is 2.24. The van der Waals surface area contributed by atoms with Gasteiger partial charge in [0.2, 0.25) is 5.91 Å². The molecule has 0 aromatic heterocycles. The van der Waals surface area contributed by atoms with Crippen molar-refractivity contribution < 1.29 is 9.53 Å². The van der Waals surface area contributed by atoms with E-state index in [1.807, 2.05) is 42.5 Å². The molecule has 0 aliphatic rings. The van der Waals surface area contributed by atoms with Gasteiger partial charge in [-0.3, -0.25) is 4.79 Å². The van der Waals surface area contributed by atoms with Crippen molar-refractivity contribution in [3.05, 3.63) is 54.1 Å². The van der Waals surface area contributed by atoms with Crippen LogP contribution < -0.4 is 15.8 Å². The van der Waals surface area contributed by atoms with Gasteiger partial charge in [0.1, 0.15) is 12.4 Å². The fourth-order valence-electron chi connectivity index (χ4n) is 1.73. The van der Waals surface area contributed by atoms with Gasteiger partial charge in [-0.2, -0.15) is 0 Å². The highest BCUT2D eigenvalue weighted by Gasteiger charge is 2.04. The molecule has 0 atom stereocenters. The number of benzene rings is 2. The van der Waals surface area contributed by atoms with Gasteiger partial charge in [-0.1, -0.05) is 24.3 Å². The minimum Gasteiger partial charge on any atom is -0.487 e. The number of rotatable bonds is 4. The van der Waals surface area contributed by atoms with Crippen LogP contribution in [0.4, 0.5) is 11.4 Å². The zero-order chi connectivity index (χ0) is 13.7. The molecule has 0 saturated heterocycles. The molecule has 2 aromatic rings. The first kappa shape index (κ1) is 13.0. The van der Waals surface area contributed by atoms with Crippen molar-refractivity contribution >= 4 is 17.3 Å². The van der Waals surface area contributed by atoms with Gasteiger partial charge in [0.15, 0.2) is 0 Å². The molecule has 0 bridgehead atoms. The summed E-state index contributed by atoms with van der Waals surface area (Å²) < 4.78 is 5.71. The Hall–Kier alpha value is -2.49. The van der Waals surface area contributed by atoms with E-state index in [2.05, 4.69) is 5.32 Å². The first-order valence-corrected chi connectivity index (χ1v) is 5.99. The molecule has 0 unspecified atom stereocenters. The van der Waals surface area contributed by atoms with Crippen LogP contribution in [-0.4, -0.2) is 5.91 Å². The predicted molar refractivity (Wildman–Crippen MR) is 75.9 cm³/mol. The molecule has 3 N–H and O–H groups in total. The number of nitrogen functional groups attached to an aromatic ring is 1. The summed E-state index contributed by atoms with van der Waals surface area (Å²) in [5.41, 5.74) is 8.07. The summed E-state index contributed by atoms with van der Waals surface area (Å²) >= 11 is 0. The van der Waals surface area contributed by atoms with E-state index in [1.54, 1.807) is 6.07 Å². The van der Waals surface area contributed by atoms with Crippen molar-refractivity contribution in [3.8, 4) is 5.75 Å². The summed E-state index contributed by atoms with van der Waals surface area (Å²) in [6, 6.07) is 14.8. The first-order chi connectivity index (χ1) is 9.15. The minimum atomic E-state index is -0.125. The number of nitrogens with one attached hydrogen (secondary N) is 1. The molecule has 2 aromatic carbocycles. The molecular weight excluding hydrogens is 240 g/mol. The number of para-hydroxylation sites is 2. The molecule has 2 rings (SSSR count). The van der Waals surface area contributed by atoms with E-state index in [1.165, 1.54) is 6.92 Å². The Morgan fingerprint density at radius 3 is 2.74 bits per heavy atom. The lowest BCUT2D eigenvalue weighted by Gasteiger charge is -2.11. The zero-order valence-electron chi connectivity index (χ0n) is 10.7. The largest absolute Gasteiger partial charge is 0.487 e. The summed E-state index contributed by atoms with van der Waals surface area (Å²) in [4.78, 5) is 11.1. The van der Waals surface area contributed by atoms with Crippen LogP contribution in [0, 0.1) is 0 Å². The topological polar surface area (TPSA) is 64.3 Å². The van der Waals surface area contributed by atoms with Gasteiger partial charge >= 0.3 is 0 Å². The minimum absolute atomic E-state index is 0.125. The third-order valence-corrected chi connectivity index (χ3v) is 2.54. The summed E-state index contributed by atoms with van der Waals surface area (Å²) in [5, 5.41) is 2.73. The van der Waals surface area contributed by atoms with E-state index in [0.29, 0.717) is 23.7 Å². The summed E-state index contributed by atoms with van der Waals surface area (Å²) in [6.45, 7) is 1.87. The van der Waals surface area contributed by atoms with E-state index in [0.717, 1.165) is 5.56 Å². The van der Waals surface area contributed by atoms with Gasteiger partial charge in [-0.05, 0) is 29.8 Å². The van der Waals surface area contributed by atoms with E-state index in [9.17, 15) is 4.79 Å². The van der Waals surface area contributed by atoms with Crippen LogP contribution >= 0.6 is 0 Å². The lowest BCUT2D eigenvalue weighted by molar-refractivity contribution is -0.114. The van der Waals surface area contributed by atoms with Crippen molar-refractivity contribution in [2.45, 2.75) is 13.5 Å². The van der Waals surface area contributed by atoms with Crippen molar-refractivity contribution in [2.24, 2.45) is 0 Å². The molecule has 0 aliphatic heterocycles. The molecule has 0 saturated carbocycles. The zero-order valence-corrected chi connectivity index (χ0v) is 10.7. The van der Waals surface area contributed by atoms with Crippen LogP contribution in [0.25, 0.3) is 0 Å². The maximum atomic E-state index is 11.1. The number of carbonyl (C=O) groups excluding carboxylic acids is 1. The number of amides is 1. The van der Waals surface area contributed by atoms with Crippen molar-refractivity contribution in [1.29, 1.82) is 0 Å². The fraction of sp³-hybridized carbons (Fsp3) is 0.133. The Balaban J connectivity index is 2.09. The molecule has 0 aliphatic carbocycles. The van der Waals surface area contributed by atoms with E-state index < -0.39 is 0 Å². The number of anilines is 2. The molecule has 0 spiro atoms. The van der Waals surface area contributed by atoms with Gasteiger partial charge in [-0.25, -0.2) is 0 Å². The Morgan fingerprint density at radius 1 is 1.21 bits per heavy atom. The van der Waals surface area contributed by atoms with E-state index in [4.69, 9.17) is 10.5 Å². The number of carbonyl (C=O) groups is 1. The maximum absolute atomic E-state index is 11.1. The van der Waals surface area contributed by atoms with Crippen LogP contribution in [0.1, 0.15) is 12.5 Å². The molecule has 4 heteroatoms. The van der Waals surface area contributed by atoms with Crippen LogP contribution in [0.3, 0.4) is 0 Å². The highest BCUT2D eigenvalue weighted by molar-refractivity contribution is 5.90. The summed E-state index contributed by atoms with van der Waals surface area (Å²) in [5.74, 6) is 0.514. The smallest absolute Gasteiger partial charge is 0.221 e. The monoisotopic (exact) mass is 256 g/mol. The molecular formula is C15H16N2O2. The van der Waals surface area contributed by atoms with Crippen molar-refractivity contribution in [1.82, 2.24) is 0 Å². The molecule has 19 heavy (non-hydrogen) atoms. The van der Waals surface area contributed by atoms with Crippen molar-refractivity contribution in [2.75, 3.05) is 11.1 Å². The van der Waals surface area contributed by atoms with Gasteiger partial charge < -0.3 is 15.8 Å². The van der Waals surface area contributed by atoms with Gasteiger partial charge in [0, 0.05) is 12.6 Å². The third-order valence-electron chi connectivity index (χ3n) is 2.54. The standard InChI is InChI=1S/C15H16N2O2/c1-11(18)17-14-7-2-3-8-15(14)19-10-12-5-4-6-13(16)9-12/h2-9H,10,16H2,1H3,(H,17,18). The van der Waals surface area contributed by atoms with Crippen molar-refractivity contribution in [3.63, 3.8) is 0 Å². The molecule has 4 nitrogen and oxygen atoms in total. The molecule has 1 amide bonds. The normalized spacial score (nSPS) is 9.95. The SMILES string of the molecule is CC(=O)Nc1ccccc1OCc1cccc(N)c1. The maximum Gasteiger partial charge on any atom is 0.221 e. The van der Waals surface area contributed by atoms with Crippen LogP contribution in [-0.2, 0) is 11.4 Å². The van der Waals surface area contributed by atoms with Crippen LogP contribution in [0.2, 0.25) is 0 Å². The molecule has 0 heterocycles. The second-order valence-electron chi connectivity index (χ2n) is 4.21. The Kier molecular flexibility index (Phi) is 4.03. The fourth-order valence-corrected chi connectivity index (χ4v) is 1.73. The van der Waals surface area contributed by atoms with Gasteiger partial charge in [-0.15, -0.1) is 0 Å². The van der Waals surface area contributed by atoms with Crippen LogP contribution in [0.15, 0.2) is 48.5 Å². The predicted octanol–water partition coefficient (Wildman–Crippen LogP) is 2.81. The summed E-state index contributed by atoms with van der Waals surface area (Å²) in [6.07, 6.45) is 0. The molecule has 98 valence electrons. The molecule has 0 radical (unpaired) electrons. The van der Waals surface area contributed by atoms with E-state index >= 15 is 0 Å². The average molecular weight is 256 g/mol. The van der Waals surface area contributed by atoms with E-state index in [-0.39, 0.29) is 5.91 Å². The Morgan fingerprint density at radius 2 is 2.00 bits per heavy atom. The lowest BCUT2D eigenvalue weighted by Crippen LogP contribution is -2.07. The van der Waals surface area contributed by atoms with Gasteiger partial charge in [0.25, 0.3) is 0 Å². The number of hydrogen-bond donors (Lipinski definition) is 2. The Labute approximate surface area is 112 Å². The quantitative estimate of drug-likeness (QED) is 0.827. The van der Waals surface area contributed by atoms with Gasteiger partial charge in [0.05, 0.1) is 5.69 Å². The number of ether oxygens (including phenoxy) is 1. The number of nitrogens with two attached hydrogens (primary N) is 1. The second-order valence-corrected chi connectivity index (χ2v) is 4.21. The summed E-state index contributed by atoms with van der Waals surface area (Å²) in [7, 11) is 0. The first-order valence-electron chi connectivity index (χ1n) is 5.99. The highest BCUT2D eigenvalue weighted by atomic mass is 16.5. The second kappa shape index (κ2) is 5.91. The average Bonchev–Trinajstić information content (AvgIpc) is 2.37.